The maximum Gasteiger partial charge on any atom is 0.352 e. The monoisotopic (exact) mass is 330 g/mol. The molecule has 0 amide bonds. The number of ether oxygens (including phenoxy) is 1. The number of carbonyl (C=O) groups excluding carboxylic acids is 1. The molecule has 1 rings (SSSR count). The minimum atomic E-state index is -0.545. The smallest absolute Gasteiger partial charge is 0.352 e. The van der Waals surface area contributed by atoms with Crippen LogP contribution in [0.3, 0.4) is 0 Å². The van der Waals surface area contributed by atoms with Crippen molar-refractivity contribution in [3.63, 3.8) is 0 Å². The van der Waals surface area contributed by atoms with E-state index in [2.05, 4.69) is 83.8 Å². The molecule has 0 aliphatic rings. The van der Waals surface area contributed by atoms with Crippen LogP contribution in [0.2, 0.25) is 0 Å². The molecule has 0 heterocycles. The summed E-state index contributed by atoms with van der Waals surface area (Å²) < 4.78 is 4.78. The predicted molar refractivity (Wildman–Crippen MR) is 98.3 cm³/mol. The molecular formula is C19H8O2P2. The standard InChI is InChI=1S/C19H8O2P2/c1-2-3-4-5-6-7-8-9-10-11-12-21-19(20)16-13-17(22)15-18(23)14-16/h1,13-15H,22-23H2. The Kier molecular flexibility index (Phi) is 8.29. The fourth-order valence-electron chi connectivity index (χ4n) is 1.21. The lowest BCUT2D eigenvalue weighted by atomic mass is 10.2. The zero-order valence-corrected chi connectivity index (χ0v) is 14.1. The van der Waals surface area contributed by atoms with Gasteiger partial charge < -0.3 is 4.74 Å². The van der Waals surface area contributed by atoms with E-state index in [9.17, 15) is 4.79 Å². The van der Waals surface area contributed by atoms with Crippen LogP contribution >= 0.6 is 18.5 Å². The van der Waals surface area contributed by atoms with Crippen LogP contribution in [-0.2, 0) is 4.74 Å². The third-order valence-electron chi connectivity index (χ3n) is 1.98. The fraction of sp³-hybridized carbons (Fsp3) is 0. The molecule has 1 aromatic rings. The van der Waals surface area contributed by atoms with Crippen molar-refractivity contribution in [1.29, 1.82) is 0 Å². The minimum Gasteiger partial charge on any atom is -0.367 e. The first-order valence-electron chi connectivity index (χ1n) is 5.96. The molecule has 0 spiro atoms. The maximum atomic E-state index is 11.7. The Balaban J connectivity index is 2.58. The van der Waals surface area contributed by atoms with Crippen LogP contribution in [-0.4, -0.2) is 5.97 Å². The van der Waals surface area contributed by atoms with Gasteiger partial charge in [-0.3, -0.25) is 0 Å². The molecule has 2 atom stereocenters. The van der Waals surface area contributed by atoms with E-state index in [4.69, 9.17) is 11.2 Å². The molecule has 1 aromatic carbocycles. The van der Waals surface area contributed by atoms with E-state index in [0.29, 0.717) is 5.56 Å². The molecule has 0 saturated carbocycles. The molecule has 0 aliphatic heterocycles. The zero-order chi connectivity index (χ0) is 16.9. The van der Waals surface area contributed by atoms with Crippen LogP contribution in [0.15, 0.2) is 18.2 Å². The van der Waals surface area contributed by atoms with E-state index in [-0.39, 0.29) is 0 Å². The summed E-state index contributed by atoms with van der Waals surface area (Å²) in [7, 11) is 5.03. The number of terminal acetylenes is 1. The Morgan fingerprint density at radius 3 is 1.83 bits per heavy atom. The highest BCUT2D eigenvalue weighted by Gasteiger charge is 2.06. The average molecular weight is 330 g/mol. The molecular weight excluding hydrogens is 322 g/mol. The largest absolute Gasteiger partial charge is 0.367 e. The van der Waals surface area contributed by atoms with E-state index in [0.717, 1.165) is 10.6 Å². The van der Waals surface area contributed by atoms with Gasteiger partial charge in [0.15, 0.2) is 0 Å². The van der Waals surface area contributed by atoms with E-state index < -0.39 is 5.97 Å². The van der Waals surface area contributed by atoms with Crippen LogP contribution in [0.4, 0.5) is 0 Å². The lowest BCUT2D eigenvalue weighted by Gasteiger charge is -2.00. The van der Waals surface area contributed by atoms with Gasteiger partial charge in [-0.25, -0.2) is 4.79 Å². The van der Waals surface area contributed by atoms with Gasteiger partial charge in [-0.1, -0.05) is 0 Å². The van der Waals surface area contributed by atoms with Crippen molar-refractivity contribution < 1.29 is 9.53 Å². The van der Waals surface area contributed by atoms with Crippen molar-refractivity contribution >= 4 is 35.1 Å². The summed E-state index contributed by atoms with van der Waals surface area (Å²) in [6.07, 6.45) is 7.11. The summed E-state index contributed by atoms with van der Waals surface area (Å²) in [5.74, 6) is 23.3. The van der Waals surface area contributed by atoms with Crippen molar-refractivity contribution in [2.45, 2.75) is 0 Å². The highest BCUT2D eigenvalue weighted by Crippen LogP contribution is 2.02. The molecule has 0 aromatic heterocycles. The van der Waals surface area contributed by atoms with Gasteiger partial charge in [0.25, 0.3) is 0 Å². The number of esters is 1. The second-order valence-corrected chi connectivity index (χ2v) is 4.98. The van der Waals surface area contributed by atoms with Gasteiger partial charge in [-0.15, -0.1) is 24.9 Å². The first-order chi connectivity index (χ1) is 11.1. The Morgan fingerprint density at radius 2 is 1.30 bits per heavy atom. The van der Waals surface area contributed by atoms with E-state index in [1.54, 1.807) is 12.1 Å². The highest BCUT2D eigenvalue weighted by atomic mass is 31.0. The van der Waals surface area contributed by atoms with Gasteiger partial charge >= 0.3 is 5.97 Å². The molecule has 0 N–H and O–H groups in total. The van der Waals surface area contributed by atoms with Crippen molar-refractivity contribution in [3.8, 4) is 71.7 Å². The topological polar surface area (TPSA) is 26.3 Å². The first-order valence-corrected chi connectivity index (χ1v) is 7.12. The summed E-state index contributed by atoms with van der Waals surface area (Å²) in [6.45, 7) is 0. The molecule has 0 bridgehead atoms. The molecule has 0 aliphatic carbocycles. The fourth-order valence-corrected chi connectivity index (χ4v) is 2.14. The SMILES string of the molecule is C#CC#CC#CC#CC#CC#COC(=O)c1cc(P)cc(P)c1. The number of hydrogen-bond acceptors (Lipinski definition) is 2. The molecule has 23 heavy (non-hydrogen) atoms. The van der Waals surface area contributed by atoms with E-state index in [1.807, 2.05) is 6.07 Å². The molecule has 0 radical (unpaired) electrons. The normalized spacial score (nSPS) is 6.83. The van der Waals surface area contributed by atoms with Gasteiger partial charge in [-0.2, -0.15) is 0 Å². The first kappa shape index (κ1) is 18.0. The van der Waals surface area contributed by atoms with Crippen molar-refractivity contribution in [1.82, 2.24) is 0 Å². The van der Waals surface area contributed by atoms with Crippen LogP contribution < -0.4 is 10.6 Å². The number of carbonyl (C=O) groups is 1. The molecule has 2 unspecified atom stereocenters. The second-order valence-electron chi connectivity index (χ2n) is 3.65. The third kappa shape index (κ3) is 8.05. The third-order valence-corrected chi connectivity index (χ3v) is 2.65. The molecule has 106 valence electrons. The minimum absolute atomic E-state index is 0.410. The summed E-state index contributed by atoms with van der Waals surface area (Å²) in [5.41, 5.74) is 0.410. The summed E-state index contributed by atoms with van der Waals surface area (Å²) in [6, 6.07) is 5.26. The van der Waals surface area contributed by atoms with Gasteiger partial charge in [0.2, 0.25) is 0 Å². The lowest BCUT2D eigenvalue weighted by Crippen LogP contribution is -2.09. The van der Waals surface area contributed by atoms with Crippen LogP contribution in [0.5, 0.6) is 0 Å². The molecule has 0 fully saturated rings. The zero-order valence-electron chi connectivity index (χ0n) is 11.8. The molecule has 2 nitrogen and oxygen atoms in total. The van der Waals surface area contributed by atoms with E-state index in [1.165, 1.54) is 0 Å². The lowest BCUT2D eigenvalue weighted by molar-refractivity contribution is 0.0691. The Hall–Kier alpha value is -3.09. The number of benzene rings is 1. The van der Waals surface area contributed by atoms with Gasteiger partial charge in [-0.05, 0) is 58.4 Å². The highest BCUT2D eigenvalue weighted by molar-refractivity contribution is 7.29. The van der Waals surface area contributed by atoms with Crippen LogP contribution in [0.1, 0.15) is 10.4 Å². The number of rotatable bonds is 1. The molecule has 4 heteroatoms. The number of hydrogen-bond donors (Lipinski definition) is 0. The average Bonchev–Trinajstić information content (AvgIpc) is 2.51. The Bertz CT molecular complexity index is 951. The maximum absolute atomic E-state index is 11.7. The predicted octanol–water partition coefficient (Wildman–Crippen LogP) is 0.452. The van der Waals surface area contributed by atoms with Crippen molar-refractivity contribution in [2.24, 2.45) is 0 Å². The van der Waals surface area contributed by atoms with Crippen molar-refractivity contribution in [2.75, 3.05) is 0 Å². The van der Waals surface area contributed by atoms with E-state index >= 15 is 0 Å². The Labute approximate surface area is 140 Å². The second kappa shape index (κ2) is 10.6. The summed E-state index contributed by atoms with van der Waals surface area (Å²) in [4.78, 5) is 11.7. The summed E-state index contributed by atoms with van der Waals surface area (Å²) >= 11 is 0. The van der Waals surface area contributed by atoms with Gasteiger partial charge in [0.05, 0.1) is 5.56 Å². The Morgan fingerprint density at radius 1 is 0.826 bits per heavy atom. The van der Waals surface area contributed by atoms with Gasteiger partial charge in [0.1, 0.15) is 6.11 Å². The van der Waals surface area contributed by atoms with Crippen molar-refractivity contribution in [3.05, 3.63) is 23.8 Å². The summed E-state index contributed by atoms with van der Waals surface area (Å²) in [5, 5.41) is 1.75. The quantitative estimate of drug-likeness (QED) is 0.425. The van der Waals surface area contributed by atoms with Crippen LogP contribution in [0, 0.1) is 71.7 Å². The van der Waals surface area contributed by atoms with Crippen LogP contribution in [0.25, 0.3) is 0 Å². The van der Waals surface area contributed by atoms with Gasteiger partial charge in [0, 0.05) is 29.6 Å². The molecule has 0 saturated heterocycles.